The van der Waals surface area contributed by atoms with E-state index in [0.29, 0.717) is 56.5 Å². The zero-order chi connectivity index (χ0) is 28.4. The molecule has 8 nitrogen and oxygen atoms in total. The fraction of sp³-hybridized carbons (Fsp3) is 0.321. The number of carbonyl (C=O) groups is 1. The molecule has 206 valence electrons. The molecule has 0 saturated heterocycles. The Morgan fingerprint density at radius 2 is 1.82 bits per heavy atom. The van der Waals surface area contributed by atoms with Crippen LogP contribution in [0, 0.1) is 0 Å². The zero-order valence-corrected chi connectivity index (χ0v) is 26.5. The predicted octanol–water partition coefficient (Wildman–Crippen LogP) is 4.65. The van der Waals surface area contributed by atoms with Crippen LogP contribution in [0.3, 0.4) is 0 Å². The Bertz CT molecular complexity index is 1640. The van der Waals surface area contributed by atoms with E-state index >= 15 is 0 Å². The van der Waals surface area contributed by atoms with Gasteiger partial charge in [0.05, 0.1) is 41.6 Å². The van der Waals surface area contributed by atoms with E-state index in [9.17, 15) is 9.59 Å². The second-order valence-electron chi connectivity index (χ2n) is 8.68. The number of hydrogen-bond donors (Lipinski definition) is 0. The van der Waals surface area contributed by atoms with Crippen molar-refractivity contribution >= 4 is 55.2 Å². The molecular weight excluding hydrogens is 650 g/mol. The molecule has 0 aliphatic carbocycles. The molecule has 2 aromatic carbocycles. The normalized spacial score (nSPS) is 15.1. The second kappa shape index (κ2) is 12.1. The Morgan fingerprint density at radius 1 is 1.10 bits per heavy atom. The molecule has 0 bridgehead atoms. The molecule has 0 unspecified atom stereocenters. The first-order valence-corrected chi connectivity index (χ1v) is 14.7. The average molecular weight is 679 g/mol. The summed E-state index contributed by atoms with van der Waals surface area (Å²) in [6.45, 7) is 6.71. The number of allylic oxidation sites excluding steroid dienone is 1. The van der Waals surface area contributed by atoms with Gasteiger partial charge in [0.2, 0.25) is 0 Å². The van der Waals surface area contributed by atoms with Gasteiger partial charge in [0.25, 0.3) is 11.5 Å². The van der Waals surface area contributed by atoms with Crippen LogP contribution in [-0.4, -0.2) is 49.8 Å². The van der Waals surface area contributed by atoms with Crippen molar-refractivity contribution in [1.82, 2.24) is 9.47 Å². The highest BCUT2D eigenvalue weighted by atomic mass is 79.9. The fourth-order valence-corrected chi connectivity index (χ4v) is 7.13. The number of ether oxygens (including phenoxy) is 3. The Kier molecular flexibility index (Phi) is 9.03. The molecule has 2 heterocycles. The summed E-state index contributed by atoms with van der Waals surface area (Å²) in [5.74, 6) is 1.54. The molecule has 0 fully saturated rings. The average Bonchev–Trinajstić information content (AvgIpc) is 3.21. The van der Waals surface area contributed by atoms with Crippen LogP contribution in [0.4, 0.5) is 0 Å². The molecule has 1 atom stereocenters. The maximum absolute atomic E-state index is 14.1. The van der Waals surface area contributed by atoms with Crippen LogP contribution in [0.15, 0.2) is 60.3 Å². The molecule has 0 saturated carbocycles. The summed E-state index contributed by atoms with van der Waals surface area (Å²) in [6, 6.07) is 8.36. The molecule has 3 aromatic rings. The number of nitrogens with zero attached hydrogens (tertiary/aromatic N) is 3. The van der Waals surface area contributed by atoms with E-state index in [1.54, 1.807) is 49.0 Å². The predicted molar refractivity (Wildman–Crippen MR) is 160 cm³/mol. The lowest BCUT2D eigenvalue weighted by molar-refractivity contribution is -0.127. The van der Waals surface area contributed by atoms with E-state index in [-0.39, 0.29) is 11.5 Å². The fourth-order valence-electron chi connectivity index (χ4n) is 4.67. The quantitative estimate of drug-likeness (QED) is 0.347. The van der Waals surface area contributed by atoms with Crippen LogP contribution in [0.5, 0.6) is 17.2 Å². The first-order chi connectivity index (χ1) is 18.7. The summed E-state index contributed by atoms with van der Waals surface area (Å²) in [5.41, 5.74) is 2.06. The van der Waals surface area contributed by atoms with Crippen LogP contribution in [0.2, 0.25) is 0 Å². The molecule has 0 radical (unpaired) electrons. The molecule has 39 heavy (non-hydrogen) atoms. The molecule has 1 aliphatic heterocycles. The van der Waals surface area contributed by atoms with Gasteiger partial charge in [-0.25, -0.2) is 4.99 Å². The van der Waals surface area contributed by atoms with E-state index in [1.165, 1.54) is 11.3 Å². The van der Waals surface area contributed by atoms with Crippen molar-refractivity contribution in [1.29, 1.82) is 0 Å². The van der Waals surface area contributed by atoms with Crippen molar-refractivity contribution < 1.29 is 19.0 Å². The van der Waals surface area contributed by atoms with Gasteiger partial charge < -0.3 is 19.1 Å². The number of fused-ring (bicyclic) bond motifs is 1. The minimum absolute atomic E-state index is 0.178. The largest absolute Gasteiger partial charge is 0.497 e. The molecule has 1 aromatic heterocycles. The van der Waals surface area contributed by atoms with Crippen molar-refractivity contribution in [3.8, 4) is 17.2 Å². The highest BCUT2D eigenvalue weighted by Gasteiger charge is 2.36. The van der Waals surface area contributed by atoms with Gasteiger partial charge in [0.1, 0.15) is 23.3 Å². The summed E-state index contributed by atoms with van der Waals surface area (Å²) in [4.78, 5) is 34.9. The topological polar surface area (TPSA) is 82.4 Å². The third-order valence-electron chi connectivity index (χ3n) is 6.56. The van der Waals surface area contributed by atoms with Crippen molar-refractivity contribution in [3.63, 3.8) is 0 Å². The number of amides is 1. The maximum atomic E-state index is 14.1. The molecule has 0 N–H and O–H groups in total. The first-order valence-electron chi connectivity index (χ1n) is 12.3. The third-order valence-corrected chi connectivity index (χ3v) is 8.59. The Hall–Kier alpha value is -2.89. The molecule has 1 amide bonds. The molecular formula is C28H29Br2N3O5S. The highest BCUT2D eigenvalue weighted by molar-refractivity contribution is 9.11. The number of benzene rings is 2. The van der Waals surface area contributed by atoms with E-state index in [0.717, 1.165) is 14.5 Å². The smallest absolute Gasteiger partial charge is 0.271 e. The minimum Gasteiger partial charge on any atom is -0.497 e. The molecule has 4 rings (SSSR count). The van der Waals surface area contributed by atoms with Gasteiger partial charge in [-0.1, -0.05) is 27.3 Å². The van der Waals surface area contributed by atoms with Gasteiger partial charge in [-0.2, -0.15) is 0 Å². The first kappa shape index (κ1) is 29.1. The van der Waals surface area contributed by atoms with Crippen LogP contribution in [0.25, 0.3) is 6.08 Å². The van der Waals surface area contributed by atoms with Gasteiger partial charge in [0, 0.05) is 28.7 Å². The summed E-state index contributed by atoms with van der Waals surface area (Å²) >= 11 is 8.30. The number of hydrogen-bond acceptors (Lipinski definition) is 7. The monoisotopic (exact) mass is 677 g/mol. The van der Waals surface area contributed by atoms with Crippen molar-refractivity contribution in [2.75, 3.05) is 34.4 Å². The number of rotatable bonds is 8. The maximum Gasteiger partial charge on any atom is 0.271 e. The van der Waals surface area contributed by atoms with Crippen LogP contribution in [0.1, 0.15) is 37.9 Å². The van der Waals surface area contributed by atoms with Crippen LogP contribution in [-0.2, 0) is 4.79 Å². The van der Waals surface area contributed by atoms with Gasteiger partial charge in [0.15, 0.2) is 4.80 Å². The third kappa shape index (κ3) is 5.44. The number of methoxy groups -OCH3 is 3. The molecule has 0 spiro atoms. The zero-order valence-electron chi connectivity index (χ0n) is 22.5. The van der Waals surface area contributed by atoms with E-state index in [4.69, 9.17) is 19.2 Å². The van der Waals surface area contributed by atoms with Crippen molar-refractivity contribution in [2.24, 2.45) is 4.99 Å². The van der Waals surface area contributed by atoms with E-state index < -0.39 is 6.04 Å². The lowest BCUT2D eigenvalue weighted by Crippen LogP contribution is -2.43. The minimum atomic E-state index is -0.766. The number of likely N-dealkylation sites (N-methyl/N-ethyl adjacent to an activating group) is 1. The van der Waals surface area contributed by atoms with Gasteiger partial charge in [-0.15, -0.1) is 0 Å². The number of halogens is 2. The number of aromatic nitrogens is 1. The van der Waals surface area contributed by atoms with Gasteiger partial charge in [-0.05, 0) is 73.1 Å². The Labute approximate surface area is 247 Å². The standard InChI is InChI=1S/C28H29Br2N3O5S/c1-7-32(8-2)27(35)23-15(3)31-28-33(24(23)19-14-18(36-4)9-10-21(19)37-5)26(34)22(39-28)12-16-11-17(29)13-20(30)25(16)38-6/h9-14,24H,7-8H2,1-6H3/b22-12+/t24-/m1/s1. The second-order valence-corrected chi connectivity index (χ2v) is 11.5. The number of thiazole rings is 1. The highest BCUT2D eigenvalue weighted by Crippen LogP contribution is 2.38. The summed E-state index contributed by atoms with van der Waals surface area (Å²) in [5, 5.41) is 0. The Balaban J connectivity index is 2.06. The number of carbonyl (C=O) groups excluding carboxylic acids is 1. The van der Waals surface area contributed by atoms with Gasteiger partial charge in [-0.3, -0.25) is 14.2 Å². The summed E-state index contributed by atoms with van der Waals surface area (Å²) < 4.78 is 20.4. The summed E-state index contributed by atoms with van der Waals surface area (Å²) in [7, 11) is 4.72. The van der Waals surface area contributed by atoms with E-state index in [2.05, 4.69) is 31.9 Å². The lowest BCUT2D eigenvalue weighted by Gasteiger charge is -2.30. The summed E-state index contributed by atoms with van der Waals surface area (Å²) in [6.07, 6.45) is 1.78. The van der Waals surface area contributed by atoms with E-state index in [1.807, 2.05) is 39.0 Å². The molecule has 1 aliphatic rings. The van der Waals surface area contributed by atoms with Crippen LogP contribution >= 0.6 is 43.2 Å². The van der Waals surface area contributed by atoms with Crippen molar-refractivity contribution in [2.45, 2.75) is 26.8 Å². The lowest BCUT2D eigenvalue weighted by atomic mass is 9.93. The van der Waals surface area contributed by atoms with Crippen LogP contribution < -0.4 is 29.1 Å². The Morgan fingerprint density at radius 3 is 2.44 bits per heavy atom. The SMILES string of the molecule is CCN(CC)C(=O)C1=C(C)N=c2s/c(=C/c3cc(Br)cc(Br)c3OC)c(=O)n2[C@@H]1c1cc(OC)ccc1OC. The molecule has 11 heteroatoms. The van der Waals surface area contributed by atoms with Gasteiger partial charge >= 0.3 is 0 Å². The van der Waals surface area contributed by atoms with Crippen molar-refractivity contribution in [3.05, 3.63) is 81.4 Å².